The summed E-state index contributed by atoms with van der Waals surface area (Å²) in [5.41, 5.74) is -0.185. The lowest BCUT2D eigenvalue weighted by atomic mass is 9.80. The molecule has 0 amide bonds. The lowest BCUT2D eigenvalue weighted by Gasteiger charge is -2.29. The average molecular weight is 332 g/mol. The maximum Gasteiger partial charge on any atom is 0.305 e. The molecule has 0 aliphatic rings. The summed E-state index contributed by atoms with van der Waals surface area (Å²) in [6.45, 7) is 2.57. The number of hydrogen-bond donors (Lipinski definition) is 3. The highest BCUT2D eigenvalue weighted by Gasteiger charge is 2.24. The number of carboxylic acid groups (broad SMARTS) is 3. The average Bonchev–Trinajstić information content (AvgIpc) is 2.44. The number of rotatable bonds is 15. The molecule has 0 aliphatic heterocycles. The van der Waals surface area contributed by atoms with E-state index in [1.807, 2.05) is 6.92 Å². The van der Waals surface area contributed by atoms with E-state index >= 15 is 0 Å². The van der Waals surface area contributed by atoms with Crippen molar-refractivity contribution in [3.05, 3.63) is 0 Å². The first-order chi connectivity index (χ1) is 10.7. The normalized spacial score (nSPS) is 11.3. The molecule has 7 nitrogen and oxygen atoms in total. The van der Waals surface area contributed by atoms with Crippen LogP contribution in [0.15, 0.2) is 0 Å². The molecule has 23 heavy (non-hydrogen) atoms. The molecular weight excluding hydrogens is 304 g/mol. The third-order valence-corrected chi connectivity index (χ3v) is 3.75. The Bertz CT molecular complexity index is 324. The third kappa shape index (κ3) is 13.7. The molecule has 0 spiro atoms. The van der Waals surface area contributed by atoms with Crippen LogP contribution in [-0.2, 0) is 19.1 Å². The third-order valence-electron chi connectivity index (χ3n) is 3.75. The second-order valence-electron chi connectivity index (χ2n) is 6.21. The summed E-state index contributed by atoms with van der Waals surface area (Å²) in [7, 11) is 0. The Morgan fingerprint density at radius 2 is 1.22 bits per heavy atom. The first-order valence-corrected chi connectivity index (χ1v) is 7.98. The standard InChI is InChI=1S/C16H28O7/c1-16(9-4-2-6-13(17)18,10-5-3-7-14(19)20)12-23-11-8-15(21)22/h2-12H2,1H3,(H,17,18)(H,19,20)(H,21,22). The van der Waals surface area contributed by atoms with Gasteiger partial charge in [-0.2, -0.15) is 0 Å². The Kier molecular flexibility index (Phi) is 11.0. The summed E-state index contributed by atoms with van der Waals surface area (Å²) in [4.78, 5) is 31.6. The zero-order valence-electron chi connectivity index (χ0n) is 13.8. The van der Waals surface area contributed by atoms with Crippen LogP contribution in [0.1, 0.15) is 64.7 Å². The Balaban J connectivity index is 4.23. The quantitative estimate of drug-likeness (QED) is 0.394. The Hall–Kier alpha value is -1.63. The minimum Gasteiger partial charge on any atom is -0.481 e. The van der Waals surface area contributed by atoms with E-state index in [0.717, 1.165) is 25.7 Å². The molecule has 0 atom stereocenters. The van der Waals surface area contributed by atoms with Crippen LogP contribution in [0, 0.1) is 5.41 Å². The molecule has 0 saturated heterocycles. The van der Waals surface area contributed by atoms with E-state index in [0.29, 0.717) is 19.4 Å². The van der Waals surface area contributed by atoms with Crippen LogP contribution < -0.4 is 0 Å². The molecule has 0 rings (SSSR count). The van der Waals surface area contributed by atoms with Crippen molar-refractivity contribution in [1.29, 1.82) is 0 Å². The summed E-state index contributed by atoms with van der Waals surface area (Å²) in [6.07, 6.45) is 4.47. The number of hydrogen-bond acceptors (Lipinski definition) is 4. The molecule has 0 aromatic carbocycles. The van der Waals surface area contributed by atoms with Crippen LogP contribution in [-0.4, -0.2) is 46.4 Å². The fourth-order valence-electron chi connectivity index (χ4n) is 2.40. The lowest BCUT2D eigenvalue weighted by molar-refractivity contribution is -0.139. The number of carboxylic acids is 3. The van der Waals surface area contributed by atoms with Gasteiger partial charge in [0.2, 0.25) is 0 Å². The van der Waals surface area contributed by atoms with Gasteiger partial charge in [0, 0.05) is 12.8 Å². The van der Waals surface area contributed by atoms with E-state index in [9.17, 15) is 14.4 Å². The molecule has 0 fully saturated rings. The Morgan fingerprint density at radius 3 is 1.61 bits per heavy atom. The molecule has 0 saturated carbocycles. The van der Waals surface area contributed by atoms with Crippen LogP contribution in [0.25, 0.3) is 0 Å². The molecule has 0 unspecified atom stereocenters. The molecular formula is C16H28O7. The van der Waals surface area contributed by atoms with Gasteiger partial charge in [-0.15, -0.1) is 0 Å². The van der Waals surface area contributed by atoms with Gasteiger partial charge in [0.05, 0.1) is 19.6 Å². The van der Waals surface area contributed by atoms with E-state index in [2.05, 4.69) is 0 Å². The molecule has 0 heterocycles. The van der Waals surface area contributed by atoms with Gasteiger partial charge in [0.15, 0.2) is 0 Å². The van der Waals surface area contributed by atoms with Crippen molar-refractivity contribution in [3.63, 3.8) is 0 Å². The van der Waals surface area contributed by atoms with Crippen molar-refractivity contribution in [2.45, 2.75) is 64.7 Å². The zero-order valence-corrected chi connectivity index (χ0v) is 13.8. The van der Waals surface area contributed by atoms with E-state index in [4.69, 9.17) is 20.1 Å². The summed E-state index contributed by atoms with van der Waals surface area (Å²) >= 11 is 0. The number of aliphatic carboxylic acids is 3. The topological polar surface area (TPSA) is 121 Å². The predicted molar refractivity (Wildman–Crippen MR) is 83.4 cm³/mol. The summed E-state index contributed by atoms with van der Waals surface area (Å²) in [6, 6.07) is 0. The summed E-state index contributed by atoms with van der Waals surface area (Å²) < 4.78 is 5.45. The monoisotopic (exact) mass is 332 g/mol. The van der Waals surface area contributed by atoms with Gasteiger partial charge in [0.25, 0.3) is 0 Å². The highest BCUT2D eigenvalue weighted by molar-refractivity contribution is 5.67. The summed E-state index contributed by atoms with van der Waals surface area (Å²) in [5.74, 6) is -2.54. The highest BCUT2D eigenvalue weighted by atomic mass is 16.5. The van der Waals surface area contributed by atoms with E-state index in [-0.39, 0.29) is 31.3 Å². The number of unbranched alkanes of at least 4 members (excludes halogenated alkanes) is 2. The molecule has 0 radical (unpaired) electrons. The minimum atomic E-state index is -0.908. The van der Waals surface area contributed by atoms with Gasteiger partial charge < -0.3 is 20.1 Å². The van der Waals surface area contributed by atoms with Gasteiger partial charge in [-0.25, -0.2) is 0 Å². The first-order valence-electron chi connectivity index (χ1n) is 7.98. The molecule has 0 aromatic heterocycles. The minimum absolute atomic E-state index is 0.0475. The fraction of sp³-hybridized carbons (Fsp3) is 0.812. The Labute approximate surface area is 136 Å². The van der Waals surface area contributed by atoms with Crippen LogP contribution in [0.4, 0.5) is 0 Å². The van der Waals surface area contributed by atoms with Crippen molar-refractivity contribution < 1.29 is 34.4 Å². The first kappa shape index (κ1) is 21.4. The molecule has 3 N–H and O–H groups in total. The highest BCUT2D eigenvalue weighted by Crippen LogP contribution is 2.31. The lowest BCUT2D eigenvalue weighted by Crippen LogP contribution is -2.24. The largest absolute Gasteiger partial charge is 0.481 e. The second kappa shape index (κ2) is 11.9. The van der Waals surface area contributed by atoms with Gasteiger partial charge in [0.1, 0.15) is 0 Å². The van der Waals surface area contributed by atoms with Crippen LogP contribution >= 0.6 is 0 Å². The number of carbonyl (C=O) groups is 3. The zero-order chi connectivity index (χ0) is 17.7. The maximum absolute atomic E-state index is 10.5. The Morgan fingerprint density at radius 1 is 0.783 bits per heavy atom. The molecule has 0 aromatic rings. The smallest absolute Gasteiger partial charge is 0.305 e. The van der Waals surface area contributed by atoms with E-state index in [1.165, 1.54) is 0 Å². The van der Waals surface area contributed by atoms with Crippen molar-refractivity contribution >= 4 is 17.9 Å². The van der Waals surface area contributed by atoms with Crippen molar-refractivity contribution in [2.75, 3.05) is 13.2 Å². The fourth-order valence-corrected chi connectivity index (χ4v) is 2.40. The SMILES string of the molecule is CC(CCCCC(=O)O)(CCCCC(=O)O)COCCC(=O)O. The summed E-state index contributed by atoms with van der Waals surface area (Å²) in [5, 5.41) is 25.9. The van der Waals surface area contributed by atoms with Crippen LogP contribution in [0.2, 0.25) is 0 Å². The van der Waals surface area contributed by atoms with Crippen LogP contribution in [0.3, 0.4) is 0 Å². The second-order valence-corrected chi connectivity index (χ2v) is 6.21. The predicted octanol–water partition coefficient (Wildman–Crippen LogP) is 2.77. The molecule has 7 heteroatoms. The van der Waals surface area contributed by atoms with Crippen molar-refractivity contribution in [1.82, 2.24) is 0 Å². The molecule has 0 aliphatic carbocycles. The van der Waals surface area contributed by atoms with E-state index in [1.54, 1.807) is 0 Å². The van der Waals surface area contributed by atoms with Crippen LogP contribution in [0.5, 0.6) is 0 Å². The van der Waals surface area contributed by atoms with Gasteiger partial charge >= 0.3 is 17.9 Å². The van der Waals surface area contributed by atoms with Gasteiger partial charge in [-0.1, -0.05) is 19.8 Å². The van der Waals surface area contributed by atoms with Crippen molar-refractivity contribution in [3.8, 4) is 0 Å². The van der Waals surface area contributed by atoms with Crippen molar-refractivity contribution in [2.24, 2.45) is 5.41 Å². The molecule has 0 bridgehead atoms. The van der Waals surface area contributed by atoms with E-state index < -0.39 is 17.9 Å². The number of ether oxygens (including phenoxy) is 1. The van der Waals surface area contributed by atoms with Gasteiger partial charge in [-0.3, -0.25) is 14.4 Å². The molecule has 134 valence electrons. The van der Waals surface area contributed by atoms with Gasteiger partial charge in [-0.05, 0) is 31.1 Å². The maximum atomic E-state index is 10.5.